The number of nitrogens with zero attached hydrogens (tertiary/aromatic N) is 4. The van der Waals surface area contributed by atoms with Crippen molar-refractivity contribution in [3.8, 4) is 5.75 Å². The van der Waals surface area contributed by atoms with Crippen molar-refractivity contribution in [1.29, 1.82) is 0 Å². The van der Waals surface area contributed by atoms with Gasteiger partial charge in [-0.15, -0.1) is 0 Å². The van der Waals surface area contributed by atoms with Crippen LogP contribution in [0.25, 0.3) is 0 Å². The predicted molar refractivity (Wildman–Crippen MR) is 132 cm³/mol. The first kappa shape index (κ1) is 24.5. The van der Waals surface area contributed by atoms with Crippen LogP contribution in [0.2, 0.25) is 5.02 Å². The van der Waals surface area contributed by atoms with Crippen molar-refractivity contribution in [1.82, 2.24) is 9.21 Å². The first-order chi connectivity index (χ1) is 14.2. The Balaban J connectivity index is 2.05. The van der Waals surface area contributed by atoms with Gasteiger partial charge >= 0.3 is 0 Å². The summed E-state index contributed by atoms with van der Waals surface area (Å²) in [6.07, 6.45) is 0. The molecule has 2 aromatic rings. The standard InChI is InChI=1S/C23H33ClN4OS/c1-8-26(5)16-27(6)21-13-18(3)22(14-17(21)2)29-23(25-4)30-28(7)15-19-9-11-20(24)12-10-19/h9-14H,8,15-16H2,1-7H3/b25-23-. The fourth-order valence-corrected chi connectivity index (χ4v) is 3.86. The van der Waals surface area contributed by atoms with Crippen LogP contribution in [0, 0.1) is 13.8 Å². The van der Waals surface area contributed by atoms with Crippen molar-refractivity contribution < 1.29 is 4.74 Å². The average molecular weight is 449 g/mol. The number of benzene rings is 2. The Kier molecular flexibility index (Phi) is 9.49. The van der Waals surface area contributed by atoms with Gasteiger partial charge in [-0.3, -0.25) is 4.90 Å². The third-order valence-corrected chi connectivity index (χ3v) is 5.95. The van der Waals surface area contributed by atoms with Gasteiger partial charge in [-0.05, 0) is 75.4 Å². The molecule has 2 aromatic carbocycles. The van der Waals surface area contributed by atoms with Crippen LogP contribution in [0.4, 0.5) is 5.69 Å². The molecule has 0 saturated heterocycles. The number of halogens is 1. The molecule has 5 nitrogen and oxygen atoms in total. The molecule has 0 fully saturated rings. The molecule has 0 bridgehead atoms. The highest BCUT2D eigenvalue weighted by Gasteiger charge is 2.14. The molecule has 0 amide bonds. The van der Waals surface area contributed by atoms with Gasteiger partial charge in [0.15, 0.2) is 0 Å². The minimum absolute atomic E-state index is 0.612. The lowest BCUT2D eigenvalue weighted by Crippen LogP contribution is -2.33. The number of aryl methyl sites for hydroxylation is 2. The van der Waals surface area contributed by atoms with E-state index in [1.165, 1.54) is 28.8 Å². The second-order valence-corrected chi connectivity index (χ2v) is 9.10. The van der Waals surface area contributed by atoms with E-state index in [4.69, 9.17) is 16.3 Å². The third-order valence-electron chi connectivity index (χ3n) is 4.83. The Bertz CT molecular complexity index is 857. The molecule has 0 aliphatic heterocycles. The van der Waals surface area contributed by atoms with Crippen LogP contribution in [-0.4, -0.2) is 55.8 Å². The smallest absolute Gasteiger partial charge is 0.266 e. The van der Waals surface area contributed by atoms with Gasteiger partial charge in [-0.25, -0.2) is 9.30 Å². The van der Waals surface area contributed by atoms with E-state index >= 15 is 0 Å². The number of aliphatic imine (C=N–C) groups is 1. The van der Waals surface area contributed by atoms with E-state index in [1.54, 1.807) is 7.05 Å². The van der Waals surface area contributed by atoms with Gasteiger partial charge < -0.3 is 9.64 Å². The fourth-order valence-electron chi connectivity index (χ4n) is 3.05. The quantitative estimate of drug-likeness (QED) is 0.232. The van der Waals surface area contributed by atoms with Gasteiger partial charge in [0.2, 0.25) is 0 Å². The van der Waals surface area contributed by atoms with Crippen LogP contribution in [0.5, 0.6) is 5.75 Å². The summed E-state index contributed by atoms with van der Waals surface area (Å²) >= 11 is 7.46. The van der Waals surface area contributed by atoms with Crippen LogP contribution in [0.15, 0.2) is 41.4 Å². The molecule has 7 heteroatoms. The van der Waals surface area contributed by atoms with E-state index in [0.29, 0.717) is 5.23 Å². The van der Waals surface area contributed by atoms with Crippen molar-refractivity contribution in [2.45, 2.75) is 27.3 Å². The summed E-state index contributed by atoms with van der Waals surface area (Å²) in [6.45, 7) is 9.01. The minimum Gasteiger partial charge on any atom is -0.433 e. The fraction of sp³-hybridized carbons (Fsp3) is 0.435. The first-order valence-corrected chi connectivity index (χ1v) is 11.2. The van der Waals surface area contributed by atoms with E-state index in [1.807, 2.05) is 31.3 Å². The molecular weight excluding hydrogens is 416 g/mol. The molecule has 0 spiro atoms. The SMILES string of the molecule is CCN(C)CN(C)c1cc(C)c(O/C(=N/C)SN(C)Cc2ccc(Cl)cc2)cc1C. The first-order valence-electron chi connectivity index (χ1n) is 10.0. The van der Waals surface area contributed by atoms with Crippen molar-refractivity contribution in [2.75, 3.05) is 46.3 Å². The number of ether oxygens (including phenoxy) is 1. The number of rotatable bonds is 8. The monoisotopic (exact) mass is 448 g/mol. The second-order valence-electron chi connectivity index (χ2n) is 7.51. The van der Waals surface area contributed by atoms with Crippen LogP contribution >= 0.6 is 23.5 Å². The lowest BCUT2D eigenvalue weighted by molar-refractivity contribution is 0.356. The normalized spacial score (nSPS) is 12.0. The zero-order valence-electron chi connectivity index (χ0n) is 19.1. The van der Waals surface area contributed by atoms with Gasteiger partial charge in [0.25, 0.3) is 5.23 Å². The van der Waals surface area contributed by atoms with Crippen LogP contribution in [0.3, 0.4) is 0 Å². The van der Waals surface area contributed by atoms with E-state index in [0.717, 1.165) is 36.1 Å². The predicted octanol–water partition coefficient (Wildman–Crippen LogP) is 5.45. The lowest BCUT2D eigenvalue weighted by Gasteiger charge is -2.27. The molecule has 0 atom stereocenters. The van der Waals surface area contributed by atoms with Crippen LogP contribution in [-0.2, 0) is 6.54 Å². The Morgan fingerprint density at radius 3 is 2.33 bits per heavy atom. The molecule has 0 aromatic heterocycles. The molecule has 30 heavy (non-hydrogen) atoms. The topological polar surface area (TPSA) is 31.3 Å². The van der Waals surface area contributed by atoms with Crippen molar-refractivity contribution in [2.24, 2.45) is 4.99 Å². The van der Waals surface area contributed by atoms with Gasteiger partial charge in [0.05, 0.1) is 6.67 Å². The molecule has 0 aliphatic carbocycles. The van der Waals surface area contributed by atoms with Gasteiger partial charge in [0.1, 0.15) is 5.75 Å². The largest absolute Gasteiger partial charge is 0.433 e. The Labute approximate surface area is 190 Å². The molecule has 2 rings (SSSR count). The maximum atomic E-state index is 6.16. The van der Waals surface area contributed by atoms with Crippen LogP contribution < -0.4 is 9.64 Å². The summed E-state index contributed by atoms with van der Waals surface area (Å²) < 4.78 is 8.25. The molecule has 0 radical (unpaired) electrons. The van der Waals surface area contributed by atoms with E-state index in [-0.39, 0.29) is 0 Å². The summed E-state index contributed by atoms with van der Waals surface area (Å²) in [5.74, 6) is 0.835. The Morgan fingerprint density at radius 1 is 1.07 bits per heavy atom. The van der Waals surface area contributed by atoms with Gasteiger partial charge in [0, 0.05) is 43.3 Å². The Hall–Kier alpha value is -1.73. The average Bonchev–Trinajstić information content (AvgIpc) is 2.71. The maximum absolute atomic E-state index is 6.16. The highest BCUT2D eigenvalue weighted by molar-refractivity contribution is 8.11. The Morgan fingerprint density at radius 2 is 1.73 bits per heavy atom. The minimum atomic E-state index is 0.612. The zero-order chi connectivity index (χ0) is 22.3. The molecule has 0 saturated carbocycles. The number of anilines is 1. The van der Waals surface area contributed by atoms with Crippen molar-refractivity contribution in [3.63, 3.8) is 0 Å². The van der Waals surface area contributed by atoms with Gasteiger partial charge in [-0.2, -0.15) is 0 Å². The van der Waals surface area contributed by atoms with E-state index in [2.05, 4.69) is 66.1 Å². The summed E-state index contributed by atoms with van der Waals surface area (Å²) in [5.41, 5.74) is 4.66. The lowest BCUT2D eigenvalue weighted by atomic mass is 10.1. The molecular formula is C23H33ClN4OS. The highest BCUT2D eigenvalue weighted by Crippen LogP contribution is 2.30. The van der Waals surface area contributed by atoms with Crippen molar-refractivity contribution >= 4 is 34.5 Å². The third kappa shape index (κ3) is 7.20. The molecule has 0 aliphatic rings. The summed E-state index contributed by atoms with van der Waals surface area (Å²) in [4.78, 5) is 8.87. The van der Waals surface area contributed by atoms with Crippen molar-refractivity contribution in [3.05, 3.63) is 58.1 Å². The molecule has 0 N–H and O–H groups in total. The summed E-state index contributed by atoms with van der Waals surface area (Å²) in [6, 6.07) is 12.2. The summed E-state index contributed by atoms with van der Waals surface area (Å²) in [5, 5.41) is 1.36. The summed E-state index contributed by atoms with van der Waals surface area (Å²) in [7, 11) is 8.02. The van der Waals surface area contributed by atoms with E-state index < -0.39 is 0 Å². The van der Waals surface area contributed by atoms with E-state index in [9.17, 15) is 0 Å². The molecule has 164 valence electrons. The maximum Gasteiger partial charge on any atom is 0.266 e. The number of hydrogen-bond acceptors (Lipinski definition) is 6. The molecule has 0 heterocycles. The van der Waals surface area contributed by atoms with Gasteiger partial charge in [-0.1, -0.05) is 30.7 Å². The second kappa shape index (κ2) is 11.6. The number of hydrogen-bond donors (Lipinski definition) is 0. The highest BCUT2D eigenvalue weighted by atomic mass is 35.5. The molecule has 0 unspecified atom stereocenters. The van der Waals surface area contributed by atoms with Crippen LogP contribution in [0.1, 0.15) is 23.6 Å². The zero-order valence-corrected chi connectivity index (χ0v) is 20.6.